The summed E-state index contributed by atoms with van der Waals surface area (Å²) in [6.45, 7) is 4.22. The van der Waals surface area contributed by atoms with Gasteiger partial charge in [0.15, 0.2) is 0 Å². The van der Waals surface area contributed by atoms with Crippen molar-refractivity contribution in [1.82, 2.24) is 0 Å². The molecule has 1 unspecified atom stereocenters. The largest absolute Gasteiger partial charge is 0.497 e. The lowest BCUT2D eigenvalue weighted by atomic mass is 9.95. The molecule has 0 saturated heterocycles. The van der Waals surface area contributed by atoms with Gasteiger partial charge < -0.3 is 15.2 Å². The summed E-state index contributed by atoms with van der Waals surface area (Å²) < 4.78 is 10.6. The number of hydrogen-bond donors (Lipinski definition) is 1. The first-order valence-electron chi connectivity index (χ1n) is 7.08. The fourth-order valence-corrected chi connectivity index (χ4v) is 2.42. The van der Waals surface area contributed by atoms with E-state index in [1.165, 1.54) is 16.7 Å². The summed E-state index contributed by atoms with van der Waals surface area (Å²) in [6, 6.07) is 12.2. The Hall–Kier alpha value is -2.00. The van der Waals surface area contributed by atoms with Crippen LogP contribution >= 0.6 is 0 Å². The zero-order chi connectivity index (χ0) is 15.4. The van der Waals surface area contributed by atoms with Gasteiger partial charge in [0.25, 0.3) is 0 Å². The highest BCUT2D eigenvalue weighted by molar-refractivity contribution is 5.41. The minimum absolute atomic E-state index is 0.0884. The first-order chi connectivity index (χ1) is 10.0. The molecule has 3 nitrogen and oxygen atoms in total. The van der Waals surface area contributed by atoms with Gasteiger partial charge in [-0.05, 0) is 49.1 Å². The number of benzene rings is 2. The highest BCUT2D eigenvalue weighted by atomic mass is 16.5. The SMILES string of the molecule is COc1cc(OC)cc(C(N)Cc2cc(C)ccc2C)c1. The second-order valence-corrected chi connectivity index (χ2v) is 5.39. The summed E-state index contributed by atoms with van der Waals surface area (Å²) in [7, 11) is 3.30. The lowest BCUT2D eigenvalue weighted by molar-refractivity contribution is 0.392. The maximum absolute atomic E-state index is 6.38. The Morgan fingerprint density at radius 2 is 1.57 bits per heavy atom. The fourth-order valence-electron chi connectivity index (χ4n) is 2.42. The molecule has 0 aliphatic carbocycles. The molecule has 0 amide bonds. The van der Waals surface area contributed by atoms with Crippen molar-refractivity contribution < 1.29 is 9.47 Å². The van der Waals surface area contributed by atoms with E-state index in [1.54, 1.807) is 14.2 Å². The zero-order valence-electron chi connectivity index (χ0n) is 13.1. The number of aryl methyl sites for hydroxylation is 2. The van der Waals surface area contributed by atoms with Crippen LogP contribution in [-0.4, -0.2) is 14.2 Å². The highest BCUT2D eigenvalue weighted by Crippen LogP contribution is 2.27. The van der Waals surface area contributed by atoms with Crippen LogP contribution in [0.15, 0.2) is 36.4 Å². The Morgan fingerprint density at radius 3 is 2.14 bits per heavy atom. The summed E-state index contributed by atoms with van der Waals surface area (Å²) in [5, 5.41) is 0. The van der Waals surface area contributed by atoms with Crippen LogP contribution in [0.25, 0.3) is 0 Å². The molecule has 0 aliphatic heterocycles. The third-order valence-electron chi connectivity index (χ3n) is 3.75. The fraction of sp³-hybridized carbons (Fsp3) is 0.333. The quantitative estimate of drug-likeness (QED) is 0.913. The molecule has 21 heavy (non-hydrogen) atoms. The van der Waals surface area contributed by atoms with Gasteiger partial charge in [0.2, 0.25) is 0 Å². The predicted octanol–water partition coefficient (Wildman–Crippen LogP) is 3.56. The molecule has 2 aromatic carbocycles. The number of methoxy groups -OCH3 is 2. The maximum Gasteiger partial charge on any atom is 0.122 e. The molecule has 2 aromatic rings. The predicted molar refractivity (Wildman–Crippen MR) is 86.1 cm³/mol. The summed E-state index contributed by atoms with van der Waals surface area (Å²) in [4.78, 5) is 0. The van der Waals surface area contributed by atoms with Crippen molar-refractivity contribution in [2.75, 3.05) is 14.2 Å². The van der Waals surface area contributed by atoms with Crippen molar-refractivity contribution in [2.24, 2.45) is 5.73 Å². The zero-order valence-corrected chi connectivity index (χ0v) is 13.1. The Labute approximate surface area is 126 Å². The van der Waals surface area contributed by atoms with Crippen LogP contribution in [0.2, 0.25) is 0 Å². The van der Waals surface area contributed by atoms with Gasteiger partial charge in [0, 0.05) is 12.1 Å². The van der Waals surface area contributed by atoms with E-state index in [0.29, 0.717) is 0 Å². The van der Waals surface area contributed by atoms with E-state index in [2.05, 4.69) is 32.0 Å². The van der Waals surface area contributed by atoms with E-state index in [1.807, 2.05) is 18.2 Å². The molecular weight excluding hydrogens is 262 g/mol. The molecule has 0 aliphatic rings. The van der Waals surface area contributed by atoms with Crippen molar-refractivity contribution in [3.63, 3.8) is 0 Å². The summed E-state index contributed by atoms with van der Waals surface area (Å²) in [6.07, 6.45) is 0.795. The van der Waals surface area contributed by atoms with Crippen LogP contribution in [0.4, 0.5) is 0 Å². The molecule has 0 bridgehead atoms. The van der Waals surface area contributed by atoms with Gasteiger partial charge >= 0.3 is 0 Å². The van der Waals surface area contributed by atoms with Crippen LogP contribution < -0.4 is 15.2 Å². The first-order valence-corrected chi connectivity index (χ1v) is 7.08. The smallest absolute Gasteiger partial charge is 0.122 e. The molecule has 2 rings (SSSR count). The molecule has 112 valence electrons. The third kappa shape index (κ3) is 3.76. The molecule has 2 N–H and O–H groups in total. The minimum Gasteiger partial charge on any atom is -0.497 e. The van der Waals surface area contributed by atoms with Crippen molar-refractivity contribution in [1.29, 1.82) is 0 Å². The Kier molecular flexibility index (Phi) is 4.86. The van der Waals surface area contributed by atoms with Gasteiger partial charge in [-0.15, -0.1) is 0 Å². The maximum atomic E-state index is 6.38. The first kappa shape index (κ1) is 15.4. The van der Waals surface area contributed by atoms with Crippen LogP contribution in [0.1, 0.15) is 28.3 Å². The monoisotopic (exact) mass is 285 g/mol. The average Bonchev–Trinajstić information content (AvgIpc) is 2.50. The van der Waals surface area contributed by atoms with Crippen LogP contribution in [0, 0.1) is 13.8 Å². The summed E-state index contributed by atoms with van der Waals surface area (Å²) in [5.41, 5.74) is 11.2. The molecule has 0 heterocycles. The number of nitrogens with two attached hydrogens (primary N) is 1. The van der Waals surface area contributed by atoms with Crippen LogP contribution in [0.5, 0.6) is 11.5 Å². The summed E-state index contributed by atoms with van der Waals surface area (Å²) in [5.74, 6) is 1.53. The molecule has 1 atom stereocenters. The van der Waals surface area contributed by atoms with Gasteiger partial charge in [0.05, 0.1) is 14.2 Å². The molecule has 0 fully saturated rings. The topological polar surface area (TPSA) is 44.5 Å². The van der Waals surface area contributed by atoms with E-state index in [-0.39, 0.29) is 6.04 Å². The van der Waals surface area contributed by atoms with Crippen LogP contribution in [-0.2, 0) is 6.42 Å². The molecule has 0 radical (unpaired) electrons. The number of hydrogen-bond acceptors (Lipinski definition) is 3. The van der Waals surface area contributed by atoms with Crippen molar-refractivity contribution >= 4 is 0 Å². The molecule has 0 aromatic heterocycles. The normalized spacial score (nSPS) is 12.0. The Morgan fingerprint density at radius 1 is 0.952 bits per heavy atom. The van der Waals surface area contributed by atoms with E-state index in [0.717, 1.165) is 23.5 Å². The van der Waals surface area contributed by atoms with Gasteiger partial charge in [-0.25, -0.2) is 0 Å². The van der Waals surface area contributed by atoms with Gasteiger partial charge in [-0.3, -0.25) is 0 Å². The van der Waals surface area contributed by atoms with Gasteiger partial charge in [-0.2, -0.15) is 0 Å². The van der Waals surface area contributed by atoms with Crippen molar-refractivity contribution in [2.45, 2.75) is 26.3 Å². The second-order valence-electron chi connectivity index (χ2n) is 5.39. The molecule has 0 spiro atoms. The van der Waals surface area contributed by atoms with Crippen molar-refractivity contribution in [3.05, 3.63) is 58.7 Å². The lowest BCUT2D eigenvalue weighted by Crippen LogP contribution is -2.14. The second kappa shape index (κ2) is 6.64. The summed E-state index contributed by atoms with van der Waals surface area (Å²) >= 11 is 0. The number of ether oxygens (including phenoxy) is 2. The highest BCUT2D eigenvalue weighted by Gasteiger charge is 2.12. The minimum atomic E-state index is -0.0884. The van der Waals surface area contributed by atoms with E-state index >= 15 is 0 Å². The van der Waals surface area contributed by atoms with Crippen molar-refractivity contribution in [3.8, 4) is 11.5 Å². The van der Waals surface area contributed by atoms with E-state index < -0.39 is 0 Å². The lowest BCUT2D eigenvalue weighted by Gasteiger charge is -2.16. The van der Waals surface area contributed by atoms with E-state index in [9.17, 15) is 0 Å². The Bertz CT molecular complexity index is 600. The number of rotatable bonds is 5. The average molecular weight is 285 g/mol. The van der Waals surface area contributed by atoms with Crippen LogP contribution in [0.3, 0.4) is 0 Å². The molecular formula is C18H23NO2. The third-order valence-corrected chi connectivity index (χ3v) is 3.75. The van der Waals surface area contributed by atoms with Gasteiger partial charge in [-0.1, -0.05) is 23.8 Å². The molecule has 3 heteroatoms. The standard InChI is InChI=1S/C18H23NO2/c1-12-5-6-13(2)14(7-12)10-18(19)15-8-16(20-3)11-17(9-15)21-4/h5-9,11,18H,10,19H2,1-4H3. The molecule has 0 saturated carbocycles. The Balaban J connectivity index is 2.27. The van der Waals surface area contributed by atoms with Gasteiger partial charge in [0.1, 0.15) is 11.5 Å². The van der Waals surface area contributed by atoms with E-state index in [4.69, 9.17) is 15.2 Å².